The van der Waals surface area contributed by atoms with Crippen LogP contribution < -0.4 is 0 Å². The molecular weight excluding hydrogens is 268 g/mol. The van der Waals surface area contributed by atoms with Crippen molar-refractivity contribution in [1.82, 2.24) is 19.7 Å². The molecule has 0 aliphatic carbocycles. The van der Waals surface area contributed by atoms with Crippen molar-refractivity contribution in [1.29, 1.82) is 0 Å². The van der Waals surface area contributed by atoms with Gasteiger partial charge in [-0.1, -0.05) is 29.8 Å². The van der Waals surface area contributed by atoms with Gasteiger partial charge in [-0.3, -0.25) is 4.68 Å². The van der Waals surface area contributed by atoms with Gasteiger partial charge in [0.05, 0.1) is 17.3 Å². The molecule has 0 aromatic carbocycles. The van der Waals surface area contributed by atoms with E-state index >= 15 is 0 Å². The first-order chi connectivity index (χ1) is 7.65. The van der Waals surface area contributed by atoms with Crippen molar-refractivity contribution in [2.24, 2.45) is 7.05 Å². The van der Waals surface area contributed by atoms with Crippen molar-refractivity contribution in [3.63, 3.8) is 0 Å². The van der Waals surface area contributed by atoms with Gasteiger partial charge in [0.15, 0.2) is 5.65 Å². The molecule has 2 unspecified atom stereocenters. The molecule has 0 amide bonds. The van der Waals surface area contributed by atoms with Crippen LogP contribution in [0.25, 0.3) is 11.0 Å². The van der Waals surface area contributed by atoms with Crippen LogP contribution in [0.1, 0.15) is 31.9 Å². The summed E-state index contributed by atoms with van der Waals surface area (Å²) in [5.41, 5.74) is 1.97. The van der Waals surface area contributed by atoms with E-state index in [0.29, 0.717) is 10.7 Å². The molecule has 0 saturated carbocycles. The smallest absolute Gasteiger partial charge is 0.161 e. The van der Waals surface area contributed by atoms with Crippen molar-refractivity contribution in [2.45, 2.75) is 31.0 Å². The van der Waals surface area contributed by atoms with Gasteiger partial charge >= 0.3 is 0 Å². The molecule has 2 rings (SSSR count). The molecule has 0 radical (unpaired) electrons. The van der Waals surface area contributed by atoms with E-state index in [-0.39, 0.29) is 0 Å². The fourth-order valence-corrected chi connectivity index (χ4v) is 2.12. The number of rotatable bonds is 3. The van der Waals surface area contributed by atoms with E-state index in [2.05, 4.69) is 44.8 Å². The summed E-state index contributed by atoms with van der Waals surface area (Å²) in [5, 5.41) is 5.27. The third-order valence-corrected chi connectivity index (χ3v) is 4.36. The zero-order valence-corrected chi connectivity index (χ0v) is 11.3. The Morgan fingerprint density at radius 3 is 2.88 bits per heavy atom. The molecule has 0 N–H and O–H groups in total. The predicted octanol–water partition coefficient (Wildman–Crippen LogP) is 2.64. The highest BCUT2D eigenvalue weighted by Crippen LogP contribution is 2.29. The lowest BCUT2D eigenvalue weighted by Crippen LogP contribution is -2.10. The summed E-state index contributed by atoms with van der Waals surface area (Å²) < 4.78 is 1.78. The monoisotopic (exact) mass is 282 g/mol. The van der Waals surface area contributed by atoms with Crippen LogP contribution in [0.5, 0.6) is 0 Å². The summed E-state index contributed by atoms with van der Waals surface area (Å²) in [6, 6.07) is 0. The molecule has 2 aromatic rings. The van der Waals surface area contributed by atoms with Gasteiger partial charge < -0.3 is 0 Å². The summed E-state index contributed by atoms with van der Waals surface area (Å²) in [6.07, 6.45) is 4.54. The van der Waals surface area contributed by atoms with Crippen molar-refractivity contribution in [3.8, 4) is 0 Å². The highest BCUT2D eigenvalue weighted by Gasteiger charge is 2.19. The van der Waals surface area contributed by atoms with Gasteiger partial charge in [-0.25, -0.2) is 9.97 Å². The number of halogens is 1. The topological polar surface area (TPSA) is 43.6 Å². The SMILES string of the molecule is CCC(Br)C(C)c1ncnc2c1cnn2C. The number of nitrogens with zero attached hydrogens (tertiary/aromatic N) is 4. The molecule has 2 atom stereocenters. The Morgan fingerprint density at radius 2 is 2.19 bits per heavy atom. The van der Waals surface area contributed by atoms with Crippen LogP contribution in [0.3, 0.4) is 0 Å². The second kappa shape index (κ2) is 4.49. The van der Waals surface area contributed by atoms with Crippen LogP contribution in [0, 0.1) is 0 Å². The van der Waals surface area contributed by atoms with Gasteiger partial charge in [0.1, 0.15) is 6.33 Å². The number of aryl methyl sites for hydroxylation is 1. The average molecular weight is 283 g/mol. The second-order valence-corrected chi connectivity index (χ2v) is 5.15. The van der Waals surface area contributed by atoms with Crippen LogP contribution in [-0.2, 0) is 7.05 Å². The Morgan fingerprint density at radius 1 is 1.44 bits per heavy atom. The number of hydrogen-bond acceptors (Lipinski definition) is 3. The first-order valence-corrected chi connectivity index (χ1v) is 6.33. The van der Waals surface area contributed by atoms with Crippen LogP contribution in [0.2, 0.25) is 0 Å². The lowest BCUT2D eigenvalue weighted by atomic mass is 10.00. The molecule has 16 heavy (non-hydrogen) atoms. The Kier molecular flexibility index (Phi) is 3.23. The third-order valence-electron chi connectivity index (χ3n) is 2.92. The number of fused-ring (bicyclic) bond motifs is 1. The average Bonchev–Trinajstić information content (AvgIpc) is 2.69. The fraction of sp³-hybridized carbons (Fsp3) is 0.545. The standard InChI is InChI=1S/C11H15BrN4/c1-4-9(12)7(2)10-8-5-15-16(3)11(8)14-6-13-10/h5-7,9H,4H2,1-3H3. The molecular formula is C11H15BrN4. The van der Waals surface area contributed by atoms with Crippen molar-refractivity contribution >= 4 is 27.0 Å². The molecule has 4 nitrogen and oxygen atoms in total. The van der Waals surface area contributed by atoms with E-state index < -0.39 is 0 Å². The highest BCUT2D eigenvalue weighted by atomic mass is 79.9. The molecule has 0 aliphatic rings. The largest absolute Gasteiger partial charge is 0.250 e. The molecule has 0 spiro atoms. The molecule has 0 fully saturated rings. The Hall–Kier alpha value is -0.970. The number of hydrogen-bond donors (Lipinski definition) is 0. The Labute approximate surface area is 103 Å². The van der Waals surface area contributed by atoms with E-state index in [4.69, 9.17) is 0 Å². The van der Waals surface area contributed by atoms with Crippen LogP contribution >= 0.6 is 15.9 Å². The first-order valence-electron chi connectivity index (χ1n) is 5.41. The number of aromatic nitrogens is 4. The molecule has 2 heterocycles. The third kappa shape index (κ3) is 1.84. The summed E-state index contributed by atoms with van der Waals surface area (Å²) in [7, 11) is 1.90. The van der Waals surface area contributed by atoms with Crippen molar-refractivity contribution < 1.29 is 0 Å². The zero-order valence-electron chi connectivity index (χ0n) is 9.68. The fourth-order valence-electron chi connectivity index (χ4n) is 1.87. The minimum atomic E-state index is 0.361. The molecule has 0 bridgehead atoms. The van der Waals surface area contributed by atoms with E-state index in [1.54, 1.807) is 11.0 Å². The molecule has 86 valence electrons. The molecule has 0 saturated heterocycles. The van der Waals surface area contributed by atoms with E-state index in [1.165, 1.54) is 0 Å². The van der Waals surface area contributed by atoms with Gasteiger partial charge in [-0.2, -0.15) is 5.10 Å². The van der Waals surface area contributed by atoms with E-state index in [9.17, 15) is 0 Å². The van der Waals surface area contributed by atoms with Gasteiger partial charge in [-0.15, -0.1) is 0 Å². The quantitative estimate of drug-likeness (QED) is 0.813. The maximum atomic E-state index is 4.39. The molecule has 2 aromatic heterocycles. The predicted molar refractivity (Wildman–Crippen MR) is 67.7 cm³/mol. The van der Waals surface area contributed by atoms with Crippen LogP contribution in [0.15, 0.2) is 12.5 Å². The number of alkyl halides is 1. The summed E-state index contributed by atoms with van der Waals surface area (Å²) in [6.45, 7) is 4.34. The lowest BCUT2D eigenvalue weighted by Gasteiger charge is -2.16. The molecule has 0 aliphatic heterocycles. The van der Waals surface area contributed by atoms with Crippen LogP contribution in [0.4, 0.5) is 0 Å². The normalized spacial score (nSPS) is 15.2. The maximum Gasteiger partial charge on any atom is 0.161 e. The van der Waals surface area contributed by atoms with Gasteiger partial charge in [0, 0.05) is 17.8 Å². The second-order valence-electron chi connectivity index (χ2n) is 3.98. The minimum absolute atomic E-state index is 0.361. The van der Waals surface area contributed by atoms with Gasteiger partial charge in [0.2, 0.25) is 0 Å². The summed E-state index contributed by atoms with van der Waals surface area (Å²) in [5.74, 6) is 0.361. The van der Waals surface area contributed by atoms with Crippen molar-refractivity contribution in [2.75, 3.05) is 0 Å². The Bertz CT molecular complexity index is 494. The zero-order chi connectivity index (χ0) is 11.7. The van der Waals surface area contributed by atoms with E-state index in [0.717, 1.165) is 23.1 Å². The first kappa shape index (κ1) is 11.5. The lowest BCUT2D eigenvalue weighted by molar-refractivity contribution is 0.678. The summed E-state index contributed by atoms with van der Waals surface area (Å²) >= 11 is 3.68. The van der Waals surface area contributed by atoms with Crippen molar-refractivity contribution in [3.05, 3.63) is 18.2 Å². The van der Waals surface area contributed by atoms with Gasteiger partial charge in [0.25, 0.3) is 0 Å². The molecule has 5 heteroatoms. The highest BCUT2D eigenvalue weighted by molar-refractivity contribution is 9.09. The maximum absolute atomic E-state index is 4.39. The summed E-state index contributed by atoms with van der Waals surface area (Å²) in [4.78, 5) is 9.07. The minimum Gasteiger partial charge on any atom is -0.250 e. The Balaban J connectivity index is 2.52. The van der Waals surface area contributed by atoms with Gasteiger partial charge in [-0.05, 0) is 6.42 Å². The van der Waals surface area contributed by atoms with Crippen LogP contribution in [-0.4, -0.2) is 24.6 Å². The van der Waals surface area contributed by atoms with E-state index in [1.807, 2.05) is 13.2 Å².